The summed E-state index contributed by atoms with van der Waals surface area (Å²) in [6.45, 7) is 4.13. The molecular formula is C19H21N3O3. The number of ether oxygens (including phenoxy) is 3. The molecule has 0 atom stereocenters. The van der Waals surface area contributed by atoms with Crippen LogP contribution in [0.5, 0.6) is 17.2 Å². The predicted octanol–water partition coefficient (Wildman–Crippen LogP) is 4.02. The Hall–Kier alpha value is -3.02. The number of aryl methyl sites for hydroxylation is 2. The van der Waals surface area contributed by atoms with Gasteiger partial charge in [-0.25, -0.2) is 9.97 Å². The van der Waals surface area contributed by atoms with E-state index in [1.807, 2.05) is 6.07 Å². The Morgan fingerprint density at radius 1 is 0.800 bits per heavy atom. The minimum Gasteiger partial charge on any atom is -0.493 e. The van der Waals surface area contributed by atoms with E-state index in [9.17, 15) is 0 Å². The Morgan fingerprint density at radius 2 is 1.48 bits per heavy atom. The molecule has 0 saturated heterocycles. The summed E-state index contributed by atoms with van der Waals surface area (Å²) in [6.07, 6.45) is 1.50. The monoisotopic (exact) mass is 339 g/mol. The summed E-state index contributed by atoms with van der Waals surface area (Å²) in [4.78, 5) is 8.76. The molecule has 25 heavy (non-hydrogen) atoms. The molecule has 0 amide bonds. The Labute approximate surface area is 146 Å². The summed E-state index contributed by atoms with van der Waals surface area (Å²) in [6, 6.07) is 8.11. The van der Waals surface area contributed by atoms with Gasteiger partial charge < -0.3 is 19.5 Å². The normalized spacial score (nSPS) is 10.6. The molecule has 130 valence electrons. The van der Waals surface area contributed by atoms with Crippen LogP contribution < -0.4 is 19.5 Å². The number of fused-ring (bicyclic) bond motifs is 1. The van der Waals surface area contributed by atoms with Crippen molar-refractivity contribution in [2.45, 2.75) is 13.8 Å². The summed E-state index contributed by atoms with van der Waals surface area (Å²) in [5.74, 6) is 2.26. The van der Waals surface area contributed by atoms with Crippen molar-refractivity contribution in [3.8, 4) is 17.2 Å². The van der Waals surface area contributed by atoms with Gasteiger partial charge in [0.05, 0.1) is 26.7 Å². The van der Waals surface area contributed by atoms with E-state index in [1.54, 1.807) is 21.3 Å². The molecule has 0 fully saturated rings. The van der Waals surface area contributed by atoms with Crippen LogP contribution in [0.25, 0.3) is 10.9 Å². The Balaban J connectivity index is 2.19. The lowest BCUT2D eigenvalue weighted by molar-refractivity contribution is 0.327. The number of rotatable bonds is 5. The van der Waals surface area contributed by atoms with Gasteiger partial charge in [-0.15, -0.1) is 0 Å². The van der Waals surface area contributed by atoms with Crippen molar-refractivity contribution < 1.29 is 14.2 Å². The average molecular weight is 339 g/mol. The van der Waals surface area contributed by atoms with Gasteiger partial charge in [-0.05, 0) is 43.2 Å². The highest BCUT2D eigenvalue weighted by atomic mass is 16.5. The maximum absolute atomic E-state index is 5.51. The molecule has 1 heterocycles. The lowest BCUT2D eigenvalue weighted by atomic mass is 10.1. The number of nitrogens with zero attached hydrogens (tertiary/aromatic N) is 2. The number of hydrogen-bond donors (Lipinski definition) is 1. The third kappa shape index (κ3) is 3.15. The average Bonchev–Trinajstić information content (AvgIpc) is 2.59. The maximum atomic E-state index is 5.51. The van der Waals surface area contributed by atoms with Gasteiger partial charge in [0.1, 0.15) is 17.7 Å². The first-order chi connectivity index (χ1) is 12.1. The van der Waals surface area contributed by atoms with Crippen LogP contribution in [0.1, 0.15) is 11.1 Å². The van der Waals surface area contributed by atoms with E-state index in [0.717, 1.165) is 11.1 Å². The van der Waals surface area contributed by atoms with E-state index < -0.39 is 0 Å². The summed E-state index contributed by atoms with van der Waals surface area (Å²) in [7, 11) is 4.74. The van der Waals surface area contributed by atoms with E-state index in [2.05, 4.69) is 47.3 Å². The highest BCUT2D eigenvalue weighted by molar-refractivity contribution is 5.97. The van der Waals surface area contributed by atoms with Gasteiger partial charge in [0.25, 0.3) is 0 Å². The first-order valence-electron chi connectivity index (χ1n) is 7.86. The highest BCUT2D eigenvalue weighted by Gasteiger charge is 2.19. The number of nitrogens with one attached hydrogen (secondary N) is 1. The van der Waals surface area contributed by atoms with Gasteiger partial charge >= 0.3 is 0 Å². The van der Waals surface area contributed by atoms with E-state index in [0.29, 0.717) is 28.6 Å². The molecule has 1 aromatic heterocycles. The third-order valence-electron chi connectivity index (χ3n) is 3.92. The van der Waals surface area contributed by atoms with Gasteiger partial charge in [-0.1, -0.05) is 6.07 Å². The second-order valence-corrected chi connectivity index (χ2v) is 5.77. The minimum absolute atomic E-state index is 0.508. The zero-order valence-corrected chi connectivity index (χ0v) is 15.0. The summed E-state index contributed by atoms with van der Waals surface area (Å²) < 4.78 is 16.4. The van der Waals surface area contributed by atoms with Crippen molar-refractivity contribution in [3.63, 3.8) is 0 Å². The van der Waals surface area contributed by atoms with Crippen LogP contribution in [0.4, 0.5) is 11.5 Å². The Bertz CT molecular complexity index is 905. The van der Waals surface area contributed by atoms with Crippen molar-refractivity contribution in [3.05, 3.63) is 41.7 Å². The van der Waals surface area contributed by atoms with Gasteiger partial charge in [0.15, 0.2) is 11.5 Å². The SMILES string of the molecule is COc1cc2c(Nc3cc(C)cc(C)c3)ncnc2c(OC)c1OC. The number of benzene rings is 2. The molecule has 0 saturated carbocycles. The van der Waals surface area contributed by atoms with Crippen molar-refractivity contribution in [1.29, 1.82) is 0 Å². The standard InChI is InChI=1S/C19H21N3O3/c1-11-6-12(2)8-13(7-11)22-19-14-9-15(23-3)17(24-4)18(25-5)16(14)20-10-21-19/h6-10H,1-5H3,(H,20,21,22). The van der Waals surface area contributed by atoms with Crippen LogP contribution in [-0.2, 0) is 0 Å². The molecule has 0 unspecified atom stereocenters. The predicted molar refractivity (Wildman–Crippen MR) is 98.4 cm³/mol. The van der Waals surface area contributed by atoms with Crippen molar-refractivity contribution in [1.82, 2.24) is 9.97 Å². The van der Waals surface area contributed by atoms with Crippen molar-refractivity contribution in [2.75, 3.05) is 26.6 Å². The smallest absolute Gasteiger partial charge is 0.205 e. The van der Waals surface area contributed by atoms with Crippen molar-refractivity contribution >= 4 is 22.4 Å². The van der Waals surface area contributed by atoms with E-state index in [4.69, 9.17) is 14.2 Å². The third-order valence-corrected chi connectivity index (χ3v) is 3.92. The second-order valence-electron chi connectivity index (χ2n) is 5.77. The fourth-order valence-corrected chi connectivity index (χ4v) is 2.95. The first-order valence-corrected chi connectivity index (χ1v) is 7.86. The molecular weight excluding hydrogens is 318 g/mol. The zero-order valence-electron chi connectivity index (χ0n) is 15.0. The van der Waals surface area contributed by atoms with Gasteiger partial charge in [-0.3, -0.25) is 0 Å². The van der Waals surface area contributed by atoms with Crippen LogP contribution in [0.3, 0.4) is 0 Å². The van der Waals surface area contributed by atoms with Crippen LogP contribution in [0.15, 0.2) is 30.6 Å². The number of hydrogen-bond acceptors (Lipinski definition) is 6. The van der Waals surface area contributed by atoms with Crippen molar-refractivity contribution in [2.24, 2.45) is 0 Å². The molecule has 0 radical (unpaired) electrons. The molecule has 0 bridgehead atoms. The Kier molecular flexibility index (Phi) is 4.61. The topological polar surface area (TPSA) is 65.5 Å². The Morgan fingerprint density at radius 3 is 2.08 bits per heavy atom. The minimum atomic E-state index is 0.508. The van der Waals surface area contributed by atoms with E-state index in [-0.39, 0.29) is 0 Å². The van der Waals surface area contributed by atoms with Gasteiger partial charge in [0.2, 0.25) is 5.75 Å². The fraction of sp³-hybridized carbons (Fsp3) is 0.263. The molecule has 6 nitrogen and oxygen atoms in total. The van der Waals surface area contributed by atoms with E-state index in [1.165, 1.54) is 17.5 Å². The largest absolute Gasteiger partial charge is 0.493 e. The summed E-state index contributed by atoms with van der Waals surface area (Å²) >= 11 is 0. The second kappa shape index (κ2) is 6.84. The van der Waals surface area contributed by atoms with E-state index >= 15 is 0 Å². The molecule has 0 spiro atoms. The van der Waals surface area contributed by atoms with Crippen LogP contribution in [0.2, 0.25) is 0 Å². The number of methoxy groups -OCH3 is 3. The first kappa shape index (κ1) is 16.8. The van der Waals surface area contributed by atoms with Gasteiger partial charge in [0, 0.05) is 5.69 Å². The zero-order chi connectivity index (χ0) is 18.0. The highest BCUT2D eigenvalue weighted by Crippen LogP contribution is 2.44. The lowest BCUT2D eigenvalue weighted by Gasteiger charge is -2.16. The maximum Gasteiger partial charge on any atom is 0.205 e. The van der Waals surface area contributed by atoms with Gasteiger partial charge in [-0.2, -0.15) is 0 Å². The summed E-state index contributed by atoms with van der Waals surface area (Å²) in [5, 5.41) is 4.15. The fourth-order valence-electron chi connectivity index (χ4n) is 2.95. The molecule has 3 rings (SSSR count). The molecule has 0 aliphatic carbocycles. The molecule has 0 aliphatic heterocycles. The number of anilines is 2. The molecule has 0 aliphatic rings. The lowest BCUT2D eigenvalue weighted by Crippen LogP contribution is -2.01. The molecule has 3 aromatic rings. The van der Waals surface area contributed by atoms with Crippen LogP contribution in [-0.4, -0.2) is 31.3 Å². The quantitative estimate of drug-likeness (QED) is 0.757. The van der Waals surface area contributed by atoms with Crippen LogP contribution in [0, 0.1) is 13.8 Å². The summed E-state index contributed by atoms with van der Waals surface area (Å²) in [5.41, 5.74) is 3.98. The van der Waals surface area contributed by atoms with Crippen LogP contribution >= 0.6 is 0 Å². The molecule has 2 aromatic carbocycles. The molecule has 1 N–H and O–H groups in total. The number of aromatic nitrogens is 2. The molecule has 6 heteroatoms.